The van der Waals surface area contributed by atoms with Crippen LogP contribution in [0.5, 0.6) is 11.6 Å². The van der Waals surface area contributed by atoms with Crippen molar-refractivity contribution >= 4 is 0 Å². The van der Waals surface area contributed by atoms with Crippen LogP contribution in [0.3, 0.4) is 0 Å². The molecule has 84 valence electrons. The maximum absolute atomic E-state index is 9.41. The molecule has 1 aromatic heterocycles. The Bertz CT molecular complexity index is 571. The Balaban J connectivity index is 2.43. The number of pyridine rings is 1. The van der Waals surface area contributed by atoms with Crippen LogP contribution in [0.25, 0.3) is 11.1 Å². The molecule has 0 atom stereocenters. The van der Waals surface area contributed by atoms with Crippen LogP contribution in [0.4, 0.5) is 0 Å². The summed E-state index contributed by atoms with van der Waals surface area (Å²) in [6, 6.07) is 10.4. The summed E-state index contributed by atoms with van der Waals surface area (Å²) < 4.78 is 4.97. The molecule has 1 N–H and O–H groups in total. The van der Waals surface area contributed by atoms with Crippen molar-refractivity contribution in [1.82, 2.24) is 4.98 Å². The highest BCUT2D eigenvalue weighted by molar-refractivity contribution is 5.66. The number of benzene rings is 1. The van der Waals surface area contributed by atoms with E-state index in [0.717, 1.165) is 11.1 Å². The van der Waals surface area contributed by atoms with E-state index in [1.54, 1.807) is 31.5 Å². The summed E-state index contributed by atoms with van der Waals surface area (Å²) in [4.78, 5) is 4.08. The van der Waals surface area contributed by atoms with Gasteiger partial charge in [0, 0.05) is 17.8 Å². The second-order valence-corrected chi connectivity index (χ2v) is 3.43. The zero-order valence-corrected chi connectivity index (χ0v) is 9.21. The molecule has 1 heterocycles. The first-order valence-electron chi connectivity index (χ1n) is 4.98. The SMILES string of the molecule is COc1ccc(-c2ccc(O)c(C#N)c2)cn1. The second kappa shape index (κ2) is 4.54. The van der Waals surface area contributed by atoms with Gasteiger partial charge in [0.25, 0.3) is 0 Å². The van der Waals surface area contributed by atoms with Crippen molar-refractivity contribution in [3.05, 3.63) is 42.1 Å². The van der Waals surface area contributed by atoms with Crippen LogP contribution in [0.2, 0.25) is 0 Å². The van der Waals surface area contributed by atoms with Crippen molar-refractivity contribution in [3.63, 3.8) is 0 Å². The monoisotopic (exact) mass is 226 g/mol. The predicted octanol–water partition coefficient (Wildman–Crippen LogP) is 2.33. The number of phenolic OH excluding ortho intramolecular Hbond substituents is 1. The number of nitriles is 1. The van der Waals surface area contributed by atoms with E-state index in [4.69, 9.17) is 10.00 Å². The van der Waals surface area contributed by atoms with Crippen molar-refractivity contribution in [2.24, 2.45) is 0 Å². The van der Waals surface area contributed by atoms with Crippen LogP contribution < -0.4 is 4.74 Å². The average Bonchev–Trinajstić information content (AvgIpc) is 2.39. The normalized spacial score (nSPS) is 9.65. The number of rotatable bonds is 2. The third-order valence-corrected chi connectivity index (χ3v) is 2.40. The van der Waals surface area contributed by atoms with Crippen LogP contribution >= 0.6 is 0 Å². The highest BCUT2D eigenvalue weighted by Gasteiger charge is 2.04. The largest absolute Gasteiger partial charge is 0.507 e. The number of methoxy groups -OCH3 is 1. The van der Waals surface area contributed by atoms with Crippen molar-refractivity contribution in [2.45, 2.75) is 0 Å². The quantitative estimate of drug-likeness (QED) is 0.853. The molecule has 17 heavy (non-hydrogen) atoms. The van der Waals surface area contributed by atoms with Crippen molar-refractivity contribution < 1.29 is 9.84 Å². The second-order valence-electron chi connectivity index (χ2n) is 3.43. The fourth-order valence-corrected chi connectivity index (χ4v) is 1.48. The smallest absolute Gasteiger partial charge is 0.212 e. The highest BCUT2D eigenvalue weighted by atomic mass is 16.5. The minimum absolute atomic E-state index is 0.0160. The number of phenols is 1. The van der Waals surface area contributed by atoms with E-state index in [1.165, 1.54) is 6.07 Å². The van der Waals surface area contributed by atoms with E-state index >= 15 is 0 Å². The van der Waals surface area contributed by atoms with Gasteiger partial charge in [0.15, 0.2) is 0 Å². The number of aromatic nitrogens is 1. The maximum Gasteiger partial charge on any atom is 0.212 e. The summed E-state index contributed by atoms with van der Waals surface area (Å²) in [5.41, 5.74) is 1.94. The Morgan fingerprint density at radius 3 is 2.59 bits per heavy atom. The average molecular weight is 226 g/mol. The van der Waals surface area contributed by atoms with Crippen LogP contribution in [-0.4, -0.2) is 17.2 Å². The Hall–Kier alpha value is -2.54. The molecule has 0 bridgehead atoms. The zero-order chi connectivity index (χ0) is 12.3. The number of aromatic hydroxyl groups is 1. The van der Waals surface area contributed by atoms with Crippen LogP contribution in [0.1, 0.15) is 5.56 Å². The van der Waals surface area contributed by atoms with Gasteiger partial charge in [0.1, 0.15) is 11.8 Å². The molecular formula is C13H10N2O2. The minimum atomic E-state index is -0.0160. The van der Waals surface area contributed by atoms with Gasteiger partial charge in [0.05, 0.1) is 12.7 Å². The fraction of sp³-hybridized carbons (Fsp3) is 0.0769. The lowest BCUT2D eigenvalue weighted by atomic mass is 10.0. The molecule has 0 radical (unpaired) electrons. The van der Waals surface area contributed by atoms with Gasteiger partial charge in [-0.1, -0.05) is 6.07 Å². The van der Waals surface area contributed by atoms with Gasteiger partial charge in [-0.05, 0) is 23.8 Å². The summed E-state index contributed by atoms with van der Waals surface area (Å²) in [6.07, 6.45) is 1.66. The first kappa shape index (κ1) is 11.0. The third-order valence-electron chi connectivity index (χ3n) is 2.40. The molecule has 0 saturated carbocycles. The van der Waals surface area contributed by atoms with Crippen LogP contribution in [0, 0.1) is 11.3 Å². The van der Waals surface area contributed by atoms with Crippen molar-refractivity contribution in [3.8, 4) is 28.8 Å². The molecule has 0 fully saturated rings. The number of hydrogen-bond donors (Lipinski definition) is 1. The molecule has 0 amide bonds. The lowest BCUT2D eigenvalue weighted by Gasteiger charge is -2.04. The molecular weight excluding hydrogens is 216 g/mol. The molecule has 0 spiro atoms. The molecule has 0 aliphatic carbocycles. The van der Waals surface area contributed by atoms with Gasteiger partial charge in [-0.15, -0.1) is 0 Å². The van der Waals surface area contributed by atoms with E-state index in [1.807, 2.05) is 12.1 Å². The van der Waals surface area contributed by atoms with Crippen LogP contribution in [0.15, 0.2) is 36.5 Å². The van der Waals surface area contributed by atoms with Gasteiger partial charge >= 0.3 is 0 Å². The minimum Gasteiger partial charge on any atom is -0.507 e. The first-order valence-corrected chi connectivity index (χ1v) is 4.98. The summed E-state index contributed by atoms with van der Waals surface area (Å²) in [5, 5.41) is 18.2. The van der Waals surface area contributed by atoms with E-state index in [9.17, 15) is 5.11 Å². The summed E-state index contributed by atoms with van der Waals surface area (Å²) >= 11 is 0. The lowest BCUT2D eigenvalue weighted by Crippen LogP contribution is -1.87. The molecule has 4 nitrogen and oxygen atoms in total. The van der Waals surface area contributed by atoms with Crippen molar-refractivity contribution in [1.29, 1.82) is 5.26 Å². The van der Waals surface area contributed by atoms with E-state index in [-0.39, 0.29) is 11.3 Å². The van der Waals surface area contributed by atoms with Gasteiger partial charge in [-0.2, -0.15) is 5.26 Å². The molecule has 2 aromatic rings. The topological polar surface area (TPSA) is 66.1 Å². The standard InChI is InChI=1S/C13H10N2O2/c1-17-13-5-3-10(8-15-13)9-2-4-12(16)11(6-9)7-14/h2-6,8,16H,1H3. The molecule has 0 aliphatic rings. The zero-order valence-electron chi connectivity index (χ0n) is 9.21. The molecule has 0 aliphatic heterocycles. The molecule has 0 saturated heterocycles. The van der Waals surface area contributed by atoms with E-state index in [0.29, 0.717) is 5.88 Å². The van der Waals surface area contributed by atoms with E-state index in [2.05, 4.69) is 4.98 Å². The predicted molar refractivity (Wildman–Crippen MR) is 62.6 cm³/mol. The Morgan fingerprint density at radius 2 is 2.00 bits per heavy atom. The fourth-order valence-electron chi connectivity index (χ4n) is 1.48. The Kier molecular flexibility index (Phi) is 2.93. The van der Waals surface area contributed by atoms with Crippen LogP contribution in [-0.2, 0) is 0 Å². The van der Waals surface area contributed by atoms with Gasteiger partial charge in [0.2, 0.25) is 5.88 Å². The third kappa shape index (κ3) is 2.18. The maximum atomic E-state index is 9.41. The van der Waals surface area contributed by atoms with Crippen molar-refractivity contribution in [2.75, 3.05) is 7.11 Å². The van der Waals surface area contributed by atoms with Gasteiger partial charge in [-0.25, -0.2) is 4.98 Å². The number of nitrogens with zero attached hydrogens (tertiary/aromatic N) is 2. The Labute approximate surface area is 98.7 Å². The molecule has 1 aromatic carbocycles. The molecule has 4 heteroatoms. The summed E-state index contributed by atoms with van der Waals surface area (Å²) in [6.45, 7) is 0. The molecule has 2 rings (SSSR count). The number of hydrogen-bond acceptors (Lipinski definition) is 4. The molecule has 0 unspecified atom stereocenters. The summed E-state index contributed by atoms with van der Waals surface area (Å²) in [5.74, 6) is 0.519. The van der Waals surface area contributed by atoms with E-state index < -0.39 is 0 Å². The number of ether oxygens (including phenoxy) is 1. The first-order chi connectivity index (χ1) is 8.24. The Morgan fingerprint density at radius 1 is 1.24 bits per heavy atom. The van der Waals surface area contributed by atoms with Gasteiger partial charge < -0.3 is 9.84 Å². The lowest BCUT2D eigenvalue weighted by molar-refractivity contribution is 0.398. The summed E-state index contributed by atoms with van der Waals surface area (Å²) in [7, 11) is 1.55. The van der Waals surface area contributed by atoms with Gasteiger partial charge in [-0.3, -0.25) is 0 Å². The highest BCUT2D eigenvalue weighted by Crippen LogP contribution is 2.25.